The Morgan fingerprint density at radius 1 is 1.24 bits per heavy atom. The Bertz CT molecular complexity index is 507. The first kappa shape index (κ1) is 15.6. The van der Waals surface area contributed by atoms with Crippen LogP contribution in [0.2, 0.25) is 0 Å². The highest BCUT2D eigenvalue weighted by molar-refractivity contribution is 5.44. The average Bonchev–Trinajstić information content (AvgIpc) is 2.95. The van der Waals surface area contributed by atoms with E-state index in [9.17, 15) is 0 Å². The van der Waals surface area contributed by atoms with E-state index in [2.05, 4.69) is 70.3 Å². The maximum atomic E-state index is 4.41. The number of imidazole rings is 1. The SMILES string of the molecule is CCCn1ccnc1CNCCCN(C)c1ccccc1. The van der Waals surface area contributed by atoms with Crippen LogP contribution in [-0.4, -0.2) is 29.7 Å². The van der Waals surface area contributed by atoms with E-state index < -0.39 is 0 Å². The molecule has 0 unspecified atom stereocenters. The first-order valence-electron chi connectivity index (χ1n) is 7.78. The summed E-state index contributed by atoms with van der Waals surface area (Å²) in [5.41, 5.74) is 1.27. The van der Waals surface area contributed by atoms with Crippen molar-refractivity contribution in [2.45, 2.75) is 32.9 Å². The predicted octanol–water partition coefficient (Wildman–Crippen LogP) is 2.91. The van der Waals surface area contributed by atoms with Crippen molar-refractivity contribution >= 4 is 5.69 Å². The number of nitrogens with zero attached hydrogens (tertiary/aromatic N) is 3. The zero-order valence-electron chi connectivity index (χ0n) is 13.1. The maximum absolute atomic E-state index is 4.41. The van der Waals surface area contributed by atoms with E-state index in [1.165, 1.54) is 5.69 Å². The molecule has 4 heteroatoms. The average molecular weight is 286 g/mol. The van der Waals surface area contributed by atoms with Gasteiger partial charge in [-0.05, 0) is 31.5 Å². The van der Waals surface area contributed by atoms with Gasteiger partial charge in [0.25, 0.3) is 0 Å². The molecule has 0 amide bonds. The largest absolute Gasteiger partial charge is 0.375 e. The third-order valence-corrected chi connectivity index (χ3v) is 3.59. The number of anilines is 1. The molecule has 1 N–H and O–H groups in total. The minimum atomic E-state index is 0.849. The molecule has 0 aliphatic carbocycles. The number of aromatic nitrogens is 2. The fraction of sp³-hybridized carbons (Fsp3) is 0.471. The molecule has 4 nitrogen and oxygen atoms in total. The normalized spacial score (nSPS) is 10.8. The lowest BCUT2D eigenvalue weighted by molar-refractivity contribution is 0.578. The molecule has 0 atom stereocenters. The molecule has 1 aromatic heterocycles. The Kier molecular flexibility index (Phi) is 6.28. The predicted molar refractivity (Wildman–Crippen MR) is 88.6 cm³/mol. The van der Waals surface area contributed by atoms with Crippen molar-refractivity contribution in [3.63, 3.8) is 0 Å². The molecule has 0 saturated carbocycles. The van der Waals surface area contributed by atoms with Crippen LogP contribution in [0.1, 0.15) is 25.6 Å². The van der Waals surface area contributed by atoms with Crippen LogP contribution in [0.25, 0.3) is 0 Å². The summed E-state index contributed by atoms with van der Waals surface area (Å²) in [5.74, 6) is 1.13. The second-order valence-electron chi connectivity index (χ2n) is 5.32. The van der Waals surface area contributed by atoms with E-state index in [-0.39, 0.29) is 0 Å². The van der Waals surface area contributed by atoms with E-state index in [4.69, 9.17) is 0 Å². The number of benzene rings is 1. The van der Waals surface area contributed by atoms with Crippen LogP contribution in [0, 0.1) is 0 Å². The van der Waals surface area contributed by atoms with Crippen LogP contribution >= 0.6 is 0 Å². The summed E-state index contributed by atoms with van der Waals surface area (Å²) < 4.78 is 2.23. The van der Waals surface area contributed by atoms with E-state index in [1.54, 1.807) is 0 Å². The topological polar surface area (TPSA) is 33.1 Å². The smallest absolute Gasteiger partial charge is 0.122 e. The molecule has 0 aliphatic rings. The van der Waals surface area contributed by atoms with E-state index >= 15 is 0 Å². The van der Waals surface area contributed by atoms with Gasteiger partial charge in [-0.25, -0.2) is 4.98 Å². The maximum Gasteiger partial charge on any atom is 0.122 e. The minimum absolute atomic E-state index is 0.849. The molecule has 0 spiro atoms. The van der Waals surface area contributed by atoms with Gasteiger partial charge in [-0.2, -0.15) is 0 Å². The molecule has 1 heterocycles. The van der Waals surface area contributed by atoms with Crippen molar-refractivity contribution in [2.24, 2.45) is 0 Å². The van der Waals surface area contributed by atoms with E-state index in [1.807, 2.05) is 6.20 Å². The number of hydrogen-bond donors (Lipinski definition) is 1. The Balaban J connectivity index is 1.65. The van der Waals surface area contributed by atoms with E-state index in [0.29, 0.717) is 0 Å². The molecule has 0 bridgehead atoms. The highest BCUT2D eigenvalue weighted by Crippen LogP contribution is 2.10. The monoisotopic (exact) mass is 286 g/mol. The fourth-order valence-corrected chi connectivity index (χ4v) is 2.40. The van der Waals surface area contributed by atoms with Gasteiger partial charge < -0.3 is 14.8 Å². The van der Waals surface area contributed by atoms with Crippen molar-refractivity contribution in [3.05, 3.63) is 48.5 Å². The zero-order valence-corrected chi connectivity index (χ0v) is 13.1. The first-order valence-corrected chi connectivity index (χ1v) is 7.78. The number of rotatable bonds is 9. The highest BCUT2D eigenvalue weighted by Gasteiger charge is 2.02. The lowest BCUT2D eigenvalue weighted by Crippen LogP contribution is -2.24. The van der Waals surface area contributed by atoms with Crippen LogP contribution in [0.4, 0.5) is 5.69 Å². The minimum Gasteiger partial charge on any atom is -0.375 e. The van der Waals surface area contributed by atoms with Gasteiger partial charge in [0.05, 0.1) is 6.54 Å². The first-order chi connectivity index (χ1) is 10.3. The summed E-state index contributed by atoms with van der Waals surface area (Å²) >= 11 is 0. The van der Waals surface area contributed by atoms with Gasteiger partial charge in [-0.3, -0.25) is 0 Å². The molecule has 1 aromatic carbocycles. The molecular formula is C17H26N4. The highest BCUT2D eigenvalue weighted by atomic mass is 15.1. The van der Waals surface area contributed by atoms with Crippen molar-refractivity contribution in [3.8, 4) is 0 Å². The second-order valence-corrected chi connectivity index (χ2v) is 5.32. The van der Waals surface area contributed by atoms with Crippen LogP contribution in [0.15, 0.2) is 42.7 Å². The third-order valence-electron chi connectivity index (χ3n) is 3.59. The Morgan fingerprint density at radius 3 is 2.81 bits per heavy atom. The molecular weight excluding hydrogens is 260 g/mol. The summed E-state index contributed by atoms with van der Waals surface area (Å²) in [7, 11) is 2.14. The fourth-order valence-electron chi connectivity index (χ4n) is 2.40. The van der Waals surface area contributed by atoms with Gasteiger partial charge in [0, 0.05) is 38.2 Å². The Morgan fingerprint density at radius 2 is 2.05 bits per heavy atom. The number of aryl methyl sites for hydroxylation is 1. The zero-order chi connectivity index (χ0) is 14.9. The van der Waals surface area contributed by atoms with Crippen molar-refractivity contribution in [1.29, 1.82) is 0 Å². The van der Waals surface area contributed by atoms with Crippen molar-refractivity contribution in [2.75, 3.05) is 25.0 Å². The molecule has 2 aromatic rings. The lowest BCUT2D eigenvalue weighted by Gasteiger charge is -2.19. The van der Waals surface area contributed by atoms with Gasteiger partial charge in [0.1, 0.15) is 5.82 Å². The molecule has 0 radical (unpaired) electrons. The van der Waals surface area contributed by atoms with Gasteiger partial charge in [-0.15, -0.1) is 0 Å². The Hall–Kier alpha value is -1.81. The van der Waals surface area contributed by atoms with Gasteiger partial charge in [0.15, 0.2) is 0 Å². The van der Waals surface area contributed by atoms with Crippen molar-refractivity contribution in [1.82, 2.24) is 14.9 Å². The molecule has 0 aliphatic heterocycles. The van der Waals surface area contributed by atoms with Gasteiger partial charge in [0.2, 0.25) is 0 Å². The summed E-state index contributed by atoms with van der Waals surface area (Å²) in [6.07, 6.45) is 6.21. The molecule has 0 fully saturated rings. The van der Waals surface area contributed by atoms with Crippen molar-refractivity contribution < 1.29 is 0 Å². The van der Waals surface area contributed by atoms with Crippen LogP contribution in [0.3, 0.4) is 0 Å². The quantitative estimate of drug-likeness (QED) is 0.720. The summed E-state index contributed by atoms with van der Waals surface area (Å²) in [6.45, 7) is 6.16. The number of para-hydroxylation sites is 1. The molecule has 0 saturated heterocycles. The van der Waals surface area contributed by atoms with Crippen LogP contribution in [-0.2, 0) is 13.1 Å². The summed E-state index contributed by atoms with van der Waals surface area (Å²) in [5, 5.41) is 3.48. The number of nitrogens with one attached hydrogen (secondary N) is 1. The van der Waals surface area contributed by atoms with Gasteiger partial charge >= 0.3 is 0 Å². The summed E-state index contributed by atoms with van der Waals surface area (Å²) in [6, 6.07) is 10.5. The summed E-state index contributed by atoms with van der Waals surface area (Å²) in [4.78, 5) is 6.70. The number of hydrogen-bond acceptors (Lipinski definition) is 3. The standard InChI is InChI=1S/C17H26N4/c1-3-12-21-14-11-19-17(21)15-18-10-7-13-20(2)16-8-5-4-6-9-16/h4-6,8-9,11,14,18H,3,7,10,12-13,15H2,1-2H3. The molecule has 21 heavy (non-hydrogen) atoms. The molecule has 2 rings (SSSR count). The van der Waals surface area contributed by atoms with Crippen LogP contribution in [0.5, 0.6) is 0 Å². The third kappa shape index (κ3) is 4.90. The second kappa shape index (κ2) is 8.47. The lowest BCUT2D eigenvalue weighted by atomic mass is 10.3. The van der Waals surface area contributed by atoms with Gasteiger partial charge in [-0.1, -0.05) is 25.1 Å². The molecule has 114 valence electrons. The van der Waals surface area contributed by atoms with Crippen LogP contribution < -0.4 is 10.2 Å². The Labute approximate surface area is 127 Å². The van der Waals surface area contributed by atoms with E-state index in [0.717, 1.165) is 44.8 Å².